The van der Waals surface area contributed by atoms with Crippen molar-refractivity contribution in [2.45, 2.75) is 44.6 Å². The Labute approximate surface area is 143 Å². The maximum absolute atomic E-state index is 9.19. The van der Waals surface area contributed by atoms with Crippen LogP contribution in [0.15, 0.2) is 42.5 Å². The van der Waals surface area contributed by atoms with E-state index in [0.717, 1.165) is 44.5 Å². The predicted molar refractivity (Wildman–Crippen MR) is 97.2 cm³/mol. The van der Waals surface area contributed by atoms with Crippen molar-refractivity contribution in [1.82, 2.24) is 0 Å². The highest BCUT2D eigenvalue weighted by atomic mass is 32.1. The molecule has 2 rings (SSSR count). The van der Waals surface area contributed by atoms with E-state index >= 15 is 0 Å². The molecule has 0 saturated heterocycles. The standard InChI is InChI=1S/C19H27NO2S/c1-19(20,15-21)13-12-18-11-10-17(23-18)9-5-6-14-22-16-7-3-2-4-8-16/h2-4,7-8,10-11,21H,5-6,9,12-15,20H2,1H3. The zero-order chi connectivity index (χ0) is 16.5. The van der Waals surface area contributed by atoms with Gasteiger partial charge in [0.15, 0.2) is 0 Å². The summed E-state index contributed by atoms with van der Waals surface area (Å²) >= 11 is 1.86. The van der Waals surface area contributed by atoms with Crippen LogP contribution in [0.1, 0.15) is 35.9 Å². The van der Waals surface area contributed by atoms with E-state index < -0.39 is 5.54 Å². The third-order valence-corrected chi connectivity index (χ3v) is 5.06. The third-order valence-electron chi connectivity index (χ3n) is 3.85. The molecule has 0 fully saturated rings. The summed E-state index contributed by atoms with van der Waals surface area (Å²) in [4.78, 5) is 2.77. The molecule has 1 atom stereocenters. The summed E-state index contributed by atoms with van der Waals surface area (Å²) in [7, 11) is 0. The van der Waals surface area contributed by atoms with Crippen LogP contribution in [0.25, 0.3) is 0 Å². The van der Waals surface area contributed by atoms with Crippen molar-refractivity contribution < 1.29 is 9.84 Å². The van der Waals surface area contributed by atoms with E-state index in [4.69, 9.17) is 10.5 Å². The zero-order valence-corrected chi connectivity index (χ0v) is 14.6. The fraction of sp³-hybridized carbons (Fsp3) is 0.474. The summed E-state index contributed by atoms with van der Waals surface area (Å²) in [5, 5.41) is 9.19. The fourth-order valence-electron chi connectivity index (χ4n) is 2.29. The molecule has 0 aliphatic carbocycles. The average molecular weight is 333 g/mol. The number of rotatable bonds is 10. The Bertz CT molecular complexity index is 566. The normalized spacial score (nSPS) is 13.7. The largest absolute Gasteiger partial charge is 0.494 e. The predicted octanol–water partition coefficient (Wildman–Crippen LogP) is 3.79. The molecule has 1 heterocycles. The van der Waals surface area contributed by atoms with Gasteiger partial charge in [-0.25, -0.2) is 0 Å². The highest BCUT2D eigenvalue weighted by Gasteiger charge is 2.16. The number of hydrogen-bond donors (Lipinski definition) is 2. The maximum Gasteiger partial charge on any atom is 0.119 e. The van der Waals surface area contributed by atoms with Crippen LogP contribution in [-0.2, 0) is 12.8 Å². The average Bonchev–Trinajstić information content (AvgIpc) is 3.02. The molecule has 0 aliphatic heterocycles. The molecule has 0 bridgehead atoms. The van der Waals surface area contributed by atoms with Gasteiger partial charge in [0.1, 0.15) is 5.75 Å². The number of aliphatic hydroxyl groups is 1. The third kappa shape index (κ3) is 6.73. The summed E-state index contributed by atoms with van der Waals surface area (Å²) < 4.78 is 5.70. The number of aryl methyl sites for hydroxylation is 2. The second kappa shape index (κ2) is 9.06. The maximum atomic E-state index is 9.19. The summed E-state index contributed by atoms with van der Waals surface area (Å²) in [6.45, 7) is 2.70. The Morgan fingerprint density at radius 2 is 1.74 bits per heavy atom. The molecule has 1 aromatic carbocycles. The van der Waals surface area contributed by atoms with Gasteiger partial charge < -0.3 is 15.6 Å². The van der Waals surface area contributed by atoms with Crippen molar-refractivity contribution in [3.63, 3.8) is 0 Å². The van der Waals surface area contributed by atoms with Gasteiger partial charge in [0.25, 0.3) is 0 Å². The highest BCUT2D eigenvalue weighted by molar-refractivity contribution is 7.11. The molecule has 1 aromatic heterocycles. The van der Waals surface area contributed by atoms with Crippen molar-refractivity contribution >= 4 is 11.3 Å². The highest BCUT2D eigenvalue weighted by Crippen LogP contribution is 2.22. The molecule has 3 nitrogen and oxygen atoms in total. The molecular formula is C19H27NO2S. The number of aliphatic hydroxyl groups excluding tert-OH is 1. The van der Waals surface area contributed by atoms with Crippen LogP contribution in [0.3, 0.4) is 0 Å². The van der Waals surface area contributed by atoms with Crippen molar-refractivity contribution in [2.24, 2.45) is 5.73 Å². The van der Waals surface area contributed by atoms with Gasteiger partial charge in [-0.3, -0.25) is 0 Å². The Hall–Kier alpha value is -1.36. The van der Waals surface area contributed by atoms with Gasteiger partial charge in [-0.2, -0.15) is 0 Å². The first-order valence-electron chi connectivity index (χ1n) is 8.24. The number of unbranched alkanes of at least 4 members (excludes halogenated alkanes) is 1. The number of nitrogens with two attached hydrogens (primary N) is 1. The Morgan fingerprint density at radius 1 is 1.04 bits per heavy atom. The first-order chi connectivity index (χ1) is 11.1. The fourth-order valence-corrected chi connectivity index (χ4v) is 3.35. The monoisotopic (exact) mass is 333 g/mol. The zero-order valence-electron chi connectivity index (χ0n) is 13.8. The van der Waals surface area contributed by atoms with Gasteiger partial charge in [0.05, 0.1) is 13.2 Å². The van der Waals surface area contributed by atoms with Crippen molar-refractivity contribution in [1.29, 1.82) is 0 Å². The van der Waals surface area contributed by atoms with Gasteiger partial charge in [-0.15, -0.1) is 11.3 Å². The molecular weight excluding hydrogens is 306 g/mol. The second-order valence-electron chi connectivity index (χ2n) is 6.30. The minimum absolute atomic E-state index is 0.0344. The van der Waals surface area contributed by atoms with E-state index in [1.807, 2.05) is 48.6 Å². The summed E-state index contributed by atoms with van der Waals surface area (Å²) in [5.74, 6) is 0.944. The Balaban J connectivity index is 1.63. The molecule has 0 amide bonds. The summed E-state index contributed by atoms with van der Waals surface area (Å²) in [6.07, 6.45) is 5.05. The molecule has 2 aromatic rings. The lowest BCUT2D eigenvalue weighted by atomic mass is 9.98. The number of hydrogen-bond acceptors (Lipinski definition) is 4. The minimum Gasteiger partial charge on any atom is -0.494 e. The second-order valence-corrected chi connectivity index (χ2v) is 7.55. The molecule has 1 unspecified atom stereocenters. The van der Waals surface area contributed by atoms with Crippen LogP contribution >= 0.6 is 11.3 Å². The minimum atomic E-state index is -0.473. The summed E-state index contributed by atoms with van der Waals surface area (Å²) in [6, 6.07) is 14.4. The van der Waals surface area contributed by atoms with Crippen molar-refractivity contribution in [3.05, 3.63) is 52.2 Å². The van der Waals surface area contributed by atoms with E-state index in [2.05, 4.69) is 12.1 Å². The van der Waals surface area contributed by atoms with E-state index in [0.29, 0.717) is 0 Å². The van der Waals surface area contributed by atoms with Gasteiger partial charge in [-0.05, 0) is 63.3 Å². The SMILES string of the molecule is CC(N)(CO)CCc1ccc(CCCCOc2ccccc2)s1. The van der Waals surface area contributed by atoms with Crippen LogP contribution in [0.4, 0.5) is 0 Å². The number of ether oxygens (including phenoxy) is 1. The van der Waals surface area contributed by atoms with Crippen molar-refractivity contribution in [3.8, 4) is 5.75 Å². The van der Waals surface area contributed by atoms with Crippen molar-refractivity contribution in [2.75, 3.05) is 13.2 Å². The Morgan fingerprint density at radius 3 is 2.43 bits per heavy atom. The van der Waals surface area contributed by atoms with Gasteiger partial charge >= 0.3 is 0 Å². The van der Waals surface area contributed by atoms with Crippen LogP contribution < -0.4 is 10.5 Å². The smallest absolute Gasteiger partial charge is 0.119 e. The van der Waals surface area contributed by atoms with Gasteiger partial charge in [0.2, 0.25) is 0 Å². The molecule has 0 saturated carbocycles. The molecule has 0 radical (unpaired) electrons. The van der Waals surface area contributed by atoms with E-state index in [-0.39, 0.29) is 6.61 Å². The lowest BCUT2D eigenvalue weighted by molar-refractivity contribution is 0.201. The molecule has 0 spiro atoms. The quantitative estimate of drug-likeness (QED) is 0.650. The number of benzene rings is 1. The van der Waals surface area contributed by atoms with Crippen LogP contribution in [0, 0.1) is 0 Å². The Kier molecular flexibility index (Phi) is 7.09. The van der Waals surface area contributed by atoms with E-state index in [9.17, 15) is 5.11 Å². The van der Waals surface area contributed by atoms with E-state index in [1.54, 1.807) is 0 Å². The first-order valence-corrected chi connectivity index (χ1v) is 9.06. The van der Waals surface area contributed by atoms with E-state index in [1.165, 1.54) is 9.75 Å². The molecule has 0 aliphatic rings. The lowest BCUT2D eigenvalue weighted by Crippen LogP contribution is -2.40. The number of para-hydroxylation sites is 1. The van der Waals surface area contributed by atoms with Crippen LogP contribution in [-0.4, -0.2) is 23.9 Å². The van der Waals surface area contributed by atoms with Crippen LogP contribution in [0.2, 0.25) is 0 Å². The molecule has 3 N–H and O–H groups in total. The molecule has 126 valence electrons. The number of thiophene rings is 1. The van der Waals surface area contributed by atoms with Gasteiger partial charge in [-0.1, -0.05) is 18.2 Å². The van der Waals surface area contributed by atoms with Crippen LogP contribution in [0.5, 0.6) is 5.75 Å². The first kappa shape index (κ1) is 18.0. The molecule has 4 heteroatoms. The lowest BCUT2D eigenvalue weighted by Gasteiger charge is -2.20. The molecule has 23 heavy (non-hydrogen) atoms. The summed E-state index contributed by atoms with van der Waals surface area (Å²) in [5.41, 5.74) is 5.50. The topological polar surface area (TPSA) is 55.5 Å². The van der Waals surface area contributed by atoms with Gasteiger partial charge in [0, 0.05) is 15.3 Å².